The topological polar surface area (TPSA) is 68.0 Å². The van der Waals surface area contributed by atoms with Crippen molar-refractivity contribution < 1.29 is 9.21 Å². The number of pyridine rings is 1. The van der Waals surface area contributed by atoms with Gasteiger partial charge in [0.25, 0.3) is 5.91 Å². The number of fused-ring (bicyclic) bond motifs is 1. The number of aromatic nitrogens is 2. The molecule has 6 heteroatoms. The quantitative estimate of drug-likeness (QED) is 0.576. The van der Waals surface area contributed by atoms with Crippen LogP contribution in [0.3, 0.4) is 0 Å². The molecule has 3 aromatic heterocycles. The lowest BCUT2D eigenvalue weighted by atomic mass is 10.2. The van der Waals surface area contributed by atoms with Gasteiger partial charge in [0.05, 0.1) is 16.9 Å². The summed E-state index contributed by atoms with van der Waals surface area (Å²) in [4.78, 5) is 22.1. The van der Waals surface area contributed by atoms with E-state index in [4.69, 9.17) is 4.42 Å². The second kappa shape index (κ2) is 6.14. The van der Waals surface area contributed by atoms with E-state index in [1.165, 1.54) is 11.3 Å². The fourth-order valence-corrected chi connectivity index (χ4v) is 3.57. The Hall–Kier alpha value is -2.99. The number of benzene rings is 1. The molecule has 25 heavy (non-hydrogen) atoms. The number of carbonyl (C=O) groups excluding carboxylic acids is 1. The van der Waals surface area contributed by atoms with Crippen LogP contribution in [-0.4, -0.2) is 15.9 Å². The van der Waals surface area contributed by atoms with Gasteiger partial charge in [-0.1, -0.05) is 18.2 Å². The second-order valence-corrected chi connectivity index (χ2v) is 6.68. The van der Waals surface area contributed by atoms with E-state index in [-0.39, 0.29) is 5.91 Å². The van der Waals surface area contributed by atoms with Crippen molar-refractivity contribution in [3.8, 4) is 10.8 Å². The van der Waals surface area contributed by atoms with Gasteiger partial charge in [0.15, 0.2) is 10.8 Å². The Morgan fingerprint density at radius 2 is 1.96 bits per heavy atom. The molecule has 0 aliphatic rings. The molecule has 0 atom stereocenters. The number of thiazole rings is 1. The van der Waals surface area contributed by atoms with Crippen LogP contribution in [-0.2, 0) is 0 Å². The molecule has 0 aliphatic heterocycles. The first-order valence-electron chi connectivity index (χ1n) is 7.81. The van der Waals surface area contributed by atoms with Gasteiger partial charge in [-0.3, -0.25) is 9.78 Å². The molecule has 4 rings (SSSR count). The second-order valence-electron chi connectivity index (χ2n) is 5.68. The van der Waals surface area contributed by atoms with E-state index < -0.39 is 0 Å². The zero-order valence-corrected chi connectivity index (χ0v) is 14.6. The van der Waals surface area contributed by atoms with Crippen molar-refractivity contribution in [3.63, 3.8) is 0 Å². The Morgan fingerprint density at radius 3 is 2.76 bits per heavy atom. The van der Waals surface area contributed by atoms with Gasteiger partial charge in [0.2, 0.25) is 0 Å². The van der Waals surface area contributed by atoms with E-state index in [1.54, 1.807) is 6.20 Å². The molecular weight excluding hydrogens is 334 g/mol. The zero-order valence-electron chi connectivity index (χ0n) is 13.7. The molecule has 124 valence electrons. The summed E-state index contributed by atoms with van der Waals surface area (Å²) in [5.74, 6) is 1.30. The number of furan rings is 1. The smallest absolute Gasteiger partial charge is 0.267 e. The molecule has 1 amide bonds. The summed E-state index contributed by atoms with van der Waals surface area (Å²) in [7, 11) is 0. The lowest BCUT2D eigenvalue weighted by Crippen LogP contribution is -2.12. The van der Waals surface area contributed by atoms with Crippen molar-refractivity contribution in [2.24, 2.45) is 0 Å². The molecule has 0 bridgehead atoms. The molecule has 0 saturated heterocycles. The highest BCUT2D eigenvalue weighted by atomic mass is 32.1. The van der Waals surface area contributed by atoms with Crippen LogP contribution in [0.4, 0.5) is 5.69 Å². The molecular formula is C19H15N3O2S. The molecule has 1 N–H and O–H groups in total. The summed E-state index contributed by atoms with van der Waals surface area (Å²) in [6.07, 6.45) is 1.72. The summed E-state index contributed by atoms with van der Waals surface area (Å²) >= 11 is 1.32. The van der Waals surface area contributed by atoms with Gasteiger partial charge in [-0.25, -0.2) is 4.98 Å². The maximum atomic E-state index is 12.7. The highest BCUT2D eigenvalue weighted by Crippen LogP contribution is 2.30. The predicted molar refractivity (Wildman–Crippen MR) is 99.0 cm³/mol. The first kappa shape index (κ1) is 15.5. The van der Waals surface area contributed by atoms with Crippen LogP contribution >= 0.6 is 11.3 Å². The minimum atomic E-state index is -0.192. The highest BCUT2D eigenvalue weighted by molar-refractivity contribution is 7.17. The monoisotopic (exact) mass is 349 g/mol. The van der Waals surface area contributed by atoms with Crippen LogP contribution in [0.15, 0.2) is 53.1 Å². The van der Waals surface area contributed by atoms with Gasteiger partial charge in [-0.05, 0) is 38.1 Å². The average molecular weight is 349 g/mol. The molecule has 0 unspecified atom stereocenters. The van der Waals surface area contributed by atoms with E-state index in [1.807, 2.05) is 56.3 Å². The maximum absolute atomic E-state index is 12.7. The molecule has 0 spiro atoms. The van der Waals surface area contributed by atoms with E-state index in [2.05, 4.69) is 15.3 Å². The third-order valence-electron chi connectivity index (χ3n) is 3.83. The van der Waals surface area contributed by atoms with Crippen molar-refractivity contribution in [1.29, 1.82) is 0 Å². The van der Waals surface area contributed by atoms with Crippen LogP contribution in [0.25, 0.3) is 21.7 Å². The van der Waals surface area contributed by atoms with E-state index in [0.29, 0.717) is 27.0 Å². The molecule has 4 aromatic rings. The minimum absolute atomic E-state index is 0.192. The number of nitrogens with zero attached hydrogens (tertiary/aromatic N) is 2. The third kappa shape index (κ3) is 2.92. The standard InChI is InChI=1S/C19H15N3O2S/c1-11-8-9-15(24-11)19-21-12(2)17(25-19)18(23)22-14-7-3-5-13-6-4-10-20-16(13)14/h3-10H,1-2H3,(H,22,23). The Labute approximate surface area is 148 Å². The normalized spacial score (nSPS) is 11.0. The SMILES string of the molecule is Cc1ccc(-c2nc(C)c(C(=O)Nc3cccc4cccnc34)s2)o1. The molecule has 0 aliphatic carbocycles. The number of para-hydroxylation sites is 1. The van der Waals surface area contributed by atoms with Gasteiger partial charge in [-0.2, -0.15) is 0 Å². The Balaban J connectivity index is 1.66. The Bertz CT molecular complexity index is 1080. The lowest BCUT2D eigenvalue weighted by Gasteiger charge is -2.07. The number of nitrogens with one attached hydrogen (secondary N) is 1. The summed E-state index contributed by atoms with van der Waals surface area (Å²) in [5.41, 5.74) is 2.13. The predicted octanol–water partition coefficient (Wildman–Crippen LogP) is 4.82. The first-order valence-corrected chi connectivity index (χ1v) is 8.63. The minimum Gasteiger partial charge on any atom is -0.459 e. The van der Waals surface area contributed by atoms with E-state index >= 15 is 0 Å². The van der Waals surface area contributed by atoms with E-state index in [9.17, 15) is 4.79 Å². The number of rotatable bonds is 3. The van der Waals surface area contributed by atoms with Crippen LogP contribution in [0.2, 0.25) is 0 Å². The average Bonchev–Trinajstić information content (AvgIpc) is 3.21. The number of aryl methyl sites for hydroxylation is 2. The lowest BCUT2D eigenvalue weighted by molar-refractivity contribution is 0.103. The Kier molecular flexibility index (Phi) is 3.82. The van der Waals surface area contributed by atoms with Gasteiger partial charge in [0.1, 0.15) is 10.6 Å². The van der Waals surface area contributed by atoms with Gasteiger partial charge in [-0.15, -0.1) is 11.3 Å². The number of hydrogen-bond acceptors (Lipinski definition) is 5. The molecule has 0 saturated carbocycles. The van der Waals surface area contributed by atoms with Gasteiger partial charge < -0.3 is 9.73 Å². The highest BCUT2D eigenvalue weighted by Gasteiger charge is 2.18. The summed E-state index contributed by atoms with van der Waals surface area (Å²) in [6, 6.07) is 13.3. The first-order chi connectivity index (χ1) is 12.1. The van der Waals surface area contributed by atoms with Crippen molar-refractivity contribution >= 4 is 33.8 Å². The molecule has 3 heterocycles. The number of anilines is 1. The largest absolute Gasteiger partial charge is 0.459 e. The number of hydrogen-bond donors (Lipinski definition) is 1. The number of carbonyl (C=O) groups is 1. The van der Waals surface area contributed by atoms with Crippen molar-refractivity contribution in [2.75, 3.05) is 5.32 Å². The van der Waals surface area contributed by atoms with Gasteiger partial charge in [0, 0.05) is 11.6 Å². The van der Waals surface area contributed by atoms with E-state index in [0.717, 1.165) is 16.7 Å². The van der Waals surface area contributed by atoms with Crippen LogP contribution in [0.1, 0.15) is 21.1 Å². The van der Waals surface area contributed by atoms with Crippen molar-refractivity contribution in [2.45, 2.75) is 13.8 Å². The molecule has 1 aromatic carbocycles. The van der Waals surface area contributed by atoms with Crippen LogP contribution in [0.5, 0.6) is 0 Å². The van der Waals surface area contributed by atoms with Crippen LogP contribution < -0.4 is 5.32 Å². The van der Waals surface area contributed by atoms with Crippen molar-refractivity contribution in [1.82, 2.24) is 9.97 Å². The fourth-order valence-electron chi connectivity index (χ4n) is 2.65. The summed E-state index contributed by atoms with van der Waals surface area (Å²) in [5, 5.41) is 4.63. The summed E-state index contributed by atoms with van der Waals surface area (Å²) in [6.45, 7) is 3.71. The third-order valence-corrected chi connectivity index (χ3v) is 5.01. The summed E-state index contributed by atoms with van der Waals surface area (Å²) < 4.78 is 5.60. The fraction of sp³-hybridized carbons (Fsp3) is 0.105. The number of amides is 1. The molecule has 5 nitrogen and oxygen atoms in total. The molecule has 0 radical (unpaired) electrons. The Morgan fingerprint density at radius 1 is 1.12 bits per heavy atom. The van der Waals surface area contributed by atoms with Crippen LogP contribution in [0, 0.1) is 13.8 Å². The maximum Gasteiger partial charge on any atom is 0.267 e. The van der Waals surface area contributed by atoms with Gasteiger partial charge >= 0.3 is 0 Å². The molecule has 0 fully saturated rings. The van der Waals surface area contributed by atoms with Crippen molar-refractivity contribution in [3.05, 3.63) is 65.0 Å². The zero-order chi connectivity index (χ0) is 17.4.